The molecular weight excluding hydrogens is 409 g/mol. The monoisotopic (exact) mass is 435 g/mol. The molecule has 1 aliphatic rings. The van der Waals surface area contributed by atoms with E-state index in [9.17, 15) is 9.18 Å². The van der Waals surface area contributed by atoms with Crippen LogP contribution in [0, 0.1) is 5.82 Å². The Morgan fingerprint density at radius 1 is 1.13 bits per heavy atom. The fourth-order valence-electron chi connectivity index (χ4n) is 3.39. The van der Waals surface area contributed by atoms with Gasteiger partial charge in [0.05, 0.1) is 20.2 Å². The molecule has 8 heteroatoms. The standard InChI is InChI=1S/C22H27ClFN3O3/c1-29-21-6-5-19(24)13-17(21)15-26-8-10-27(11-9-26)16-22(28)25-7-12-30-20-4-2-3-18(23)14-20/h2-6,13-14H,7-12,15-16H2,1H3,(H,25,28). The number of piperazine rings is 1. The van der Waals surface area contributed by atoms with E-state index in [2.05, 4.69) is 15.1 Å². The number of hydrogen-bond donors (Lipinski definition) is 1. The smallest absolute Gasteiger partial charge is 0.234 e. The number of carbonyl (C=O) groups is 1. The largest absolute Gasteiger partial charge is 0.496 e. The maximum atomic E-state index is 13.5. The molecule has 0 aliphatic carbocycles. The zero-order valence-electron chi connectivity index (χ0n) is 17.1. The Morgan fingerprint density at radius 3 is 2.63 bits per heavy atom. The van der Waals surface area contributed by atoms with E-state index in [1.165, 1.54) is 12.1 Å². The Kier molecular flexibility index (Phi) is 8.30. The Bertz CT molecular complexity index is 844. The first kappa shape index (κ1) is 22.3. The quantitative estimate of drug-likeness (QED) is 0.614. The molecule has 1 heterocycles. The van der Waals surface area contributed by atoms with Gasteiger partial charge in [-0.3, -0.25) is 14.6 Å². The molecule has 1 aliphatic heterocycles. The van der Waals surface area contributed by atoms with Gasteiger partial charge < -0.3 is 14.8 Å². The van der Waals surface area contributed by atoms with Crippen LogP contribution in [-0.4, -0.2) is 68.7 Å². The number of hydrogen-bond acceptors (Lipinski definition) is 5. The van der Waals surface area contributed by atoms with E-state index in [0.29, 0.717) is 42.8 Å². The number of ether oxygens (including phenoxy) is 2. The van der Waals surface area contributed by atoms with Crippen LogP contribution in [-0.2, 0) is 11.3 Å². The second-order valence-electron chi connectivity index (χ2n) is 7.16. The van der Waals surface area contributed by atoms with Crippen molar-refractivity contribution < 1.29 is 18.7 Å². The summed E-state index contributed by atoms with van der Waals surface area (Å²) in [7, 11) is 1.59. The molecular formula is C22H27ClFN3O3. The van der Waals surface area contributed by atoms with Gasteiger partial charge in [0, 0.05) is 43.3 Å². The maximum Gasteiger partial charge on any atom is 0.234 e. The molecule has 1 N–H and O–H groups in total. The Hall–Kier alpha value is -2.35. The van der Waals surface area contributed by atoms with Crippen LogP contribution < -0.4 is 14.8 Å². The molecule has 0 unspecified atom stereocenters. The molecule has 162 valence electrons. The van der Waals surface area contributed by atoms with Gasteiger partial charge in [-0.05, 0) is 36.4 Å². The van der Waals surface area contributed by atoms with Crippen LogP contribution in [0.25, 0.3) is 0 Å². The summed E-state index contributed by atoms with van der Waals surface area (Å²) >= 11 is 5.91. The average molecular weight is 436 g/mol. The first-order valence-electron chi connectivity index (χ1n) is 9.95. The summed E-state index contributed by atoms with van der Waals surface area (Å²) in [6, 6.07) is 11.7. The summed E-state index contributed by atoms with van der Waals surface area (Å²) in [6.07, 6.45) is 0. The van der Waals surface area contributed by atoms with Crippen LogP contribution >= 0.6 is 11.6 Å². The normalized spacial score (nSPS) is 15.0. The van der Waals surface area contributed by atoms with Crippen molar-refractivity contribution in [3.63, 3.8) is 0 Å². The highest BCUT2D eigenvalue weighted by atomic mass is 35.5. The van der Waals surface area contributed by atoms with Crippen molar-refractivity contribution in [3.05, 3.63) is 58.9 Å². The lowest BCUT2D eigenvalue weighted by atomic mass is 10.1. The number of carbonyl (C=O) groups excluding carboxylic acids is 1. The third-order valence-corrected chi connectivity index (χ3v) is 5.19. The summed E-state index contributed by atoms with van der Waals surface area (Å²) < 4.78 is 24.4. The number of methoxy groups -OCH3 is 1. The van der Waals surface area contributed by atoms with Crippen LogP contribution in [0.5, 0.6) is 11.5 Å². The molecule has 0 bridgehead atoms. The van der Waals surface area contributed by atoms with E-state index in [4.69, 9.17) is 21.1 Å². The van der Waals surface area contributed by atoms with E-state index in [1.54, 1.807) is 25.3 Å². The third kappa shape index (κ3) is 6.86. The van der Waals surface area contributed by atoms with Crippen molar-refractivity contribution >= 4 is 17.5 Å². The van der Waals surface area contributed by atoms with Gasteiger partial charge in [0.15, 0.2) is 0 Å². The van der Waals surface area contributed by atoms with Crippen molar-refractivity contribution in [1.29, 1.82) is 0 Å². The zero-order chi connectivity index (χ0) is 21.3. The highest BCUT2D eigenvalue weighted by Crippen LogP contribution is 2.21. The first-order chi connectivity index (χ1) is 14.5. The lowest BCUT2D eigenvalue weighted by Gasteiger charge is -2.34. The van der Waals surface area contributed by atoms with E-state index in [-0.39, 0.29) is 11.7 Å². The zero-order valence-corrected chi connectivity index (χ0v) is 17.8. The highest BCUT2D eigenvalue weighted by molar-refractivity contribution is 6.30. The van der Waals surface area contributed by atoms with Gasteiger partial charge in [0.25, 0.3) is 0 Å². The van der Waals surface area contributed by atoms with Crippen LogP contribution in [0.15, 0.2) is 42.5 Å². The molecule has 1 saturated heterocycles. The van der Waals surface area contributed by atoms with Gasteiger partial charge in [0.2, 0.25) is 5.91 Å². The number of rotatable bonds is 9. The van der Waals surface area contributed by atoms with E-state index in [0.717, 1.165) is 31.7 Å². The number of benzene rings is 2. The number of nitrogens with zero attached hydrogens (tertiary/aromatic N) is 2. The molecule has 0 atom stereocenters. The summed E-state index contributed by atoms with van der Waals surface area (Å²) in [4.78, 5) is 16.5. The van der Waals surface area contributed by atoms with Crippen LogP contribution in [0.1, 0.15) is 5.56 Å². The minimum atomic E-state index is -0.263. The predicted molar refractivity (Wildman–Crippen MR) is 115 cm³/mol. The van der Waals surface area contributed by atoms with Gasteiger partial charge in [-0.2, -0.15) is 0 Å². The van der Waals surface area contributed by atoms with Gasteiger partial charge >= 0.3 is 0 Å². The summed E-state index contributed by atoms with van der Waals surface area (Å²) in [5.41, 5.74) is 0.836. The second-order valence-corrected chi connectivity index (χ2v) is 7.60. The second kappa shape index (κ2) is 11.2. The fourth-order valence-corrected chi connectivity index (χ4v) is 3.57. The fraction of sp³-hybridized carbons (Fsp3) is 0.409. The Morgan fingerprint density at radius 2 is 1.90 bits per heavy atom. The van der Waals surface area contributed by atoms with Gasteiger partial charge in [-0.15, -0.1) is 0 Å². The van der Waals surface area contributed by atoms with Gasteiger partial charge in [0.1, 0.15) is 23.9 Å². The number of amides is 1. The molecule has 0 spiro atoms. The lowest BCUT2D eigenvalue weighted by Crippen LogP contribution is -2.49. The van der Waals surface area contributed by atoms with E-state index in [1.807, 2.05) is 12.1 Å². The Balaban J connectivity index is 1.34. The van der Waals surface area contributed by atoms with Crippen LogP contribution in [0.2, 0.25) is 5.02 Å². The lowest BCUT2D eigenvalue weighted by molar-refractivity contribution is -0.122. The van der Waals surface area contributed by atoms with Crippen molar-refractivity contribution in [2.75, 3.05) is 53.0 Å². The topological polar surface area (TPSA) is 54.0 Å². The average Bonchev–Trinajstić information content (AvgIpc) is 2.73. The molecule has 1 amide bonds. The Labute approximate surface area is 181 Å². The van der Waals surface area contributed by atoms with E-state index >= 15 is 0 Å². The minimum absolute atomic E-state index is 0.0232. The predicted octanol–water partition coefficient (Wildman–Crippen LogP) is 2.80. The number of nitrogens with one attached hydrogen (secondary N) is 1. The van der Waals surface area contributed by atoms with E-state index < -0.39 is 0 Å². The summed E-state index contributed by atoms with van der Waals surface area (Å²) in [6.45, 7) is 4.99. The van der Waals surface area contributed by atoms with Crippen molar-refractivity contribution in [3.8, 4) is 11.5 Å². The highest BCUT2D eigenvalue weighted by Gasteiger charge is 2.20. The molecule has 2 aromatic carbocycles. The molecule has 0 saturated carbocycles. The maximum absolute atomic E-state index is 13.5. The molecule has 6 nitrogen and oxygen atoms in total. The molecule has 1 fully saturated rings. The van der Waals surface area contributed by atoms with Gasteiger partial charge in [-0.1, -0.05) is 17.7 Å². The van der Waals surface area contributed by atoms with Crippen LogP contribution in [0.4, 0.5) is 4.39 Å². The minimum Gasteiger partial charge on any atom is -0.496 e. The van der Waals surface area contributed by atoms with Crippen molar-refractivity contribution in [1.82, 2.24) is 15.1 Å². The van der Waals surface area contributed by atoms with Crippen molar-refractivity contribution in [2.45, 2.75) is 6.54 Å². The SMILES string of the molecule is COc1ccc(F)cc1CN1CCN(CC(=O)NCCOc2cccc(Cl)c2)CC1. The summed E-state index contributed by atoms with van der Waals surface area (Å²) in [5.74, 6) is 1.09. The van der Waals surface area contributed by atoms with Gasteiger partial charge in [-0.25, -0.2) is 4.39 Å². The summed E-state index contributed by atoms with van der Waals surface area (Å²) in [5, 5.41) is 3.49. The molecule has 0 aromatic heterocycles. The number of halogens is 2. The first-order valence-corrected chi connectivity index (χ1v) is 10.3. The molecule has 30 heavy (non-hydrogen) atoms. The van der Waals surface area contributed by atoms with Crippen molar-refractivity contribution in [2.24, 2.45) is 0 Å². The molecule has 2 aromatic rings. The van der Waals surface area contributed by atoms with Crippen LogP contribution in [0.3, 0.4) is 0 Å². The third-order valence-electron chi connectivity index (χ3n) is 4.96. The molecule has 0 radical (unpaired) electrons. The molecule has 3 rings (SSSR count).